The highest BCUT2D eigenvalue weighted by Crippen LogP contribution is 2.31. The Labute approximate surface area is 114 Å². The molecule has 0 aromatic heterocycles. The van der Waals surface area contributed by atoms with Crippen molar-refractivity contribution in [2.75, 3.05) is 6.61 Å². The van der Waals surface area contributed by atoms with Gasteiger partial charge in [0.05, 0.1) is 24.0 Å². The molecule has 0 radical (unpaired) electrons. The van der Waals surface area contributed by atoms with Gasteiger partial charge in [-0.2, -0.15) is 0 Å². The van der Waals surface area contributed by atoms with Crippen LogP contribution in [0.15, 0.2) is 47.5 Å². The maximum Gasteiger partial charge on any atom is 0.338 e. The molecule has 0 aliphatic carbocycles. The summed E-state index contributed by atoms with van der Waals surface area (Å²) in [7, 11) is 0. The third kappa shape index (κ3) is 2.96. The van der Waals surface area contributed by atoms with Crippen molar-refractivity contribution in [3.8, 4) is 0 Å². The van der Waals surface area contributed by atoms with Crippen LogP contribution in [0.4, 0.5) is 0 Å². The van der Waals surface area contributed by atoms with E-state index >= 15 is 0 Å². The van der Waals surface area contributed by atoms with Gasteiger partial charge in [-0.3, -0.25) is 0 Å². The Morgan fingerprint density at radius 3 is 2.68 bits per heavy atom. The fourth-order valence-electron chi connectivity index (χ4n) is 2.15. The predicted molar refractivity (Wildman–Crippen MR) is 74.9 cm³/mol. The van der Waals surface area contributed by atoms with Crippen LogP contribution in [0.2, 0.25) is 0 Å². The van der Waals surface area contributed by atoms with E-state index in [4.69, 9.17) is 4.74 Å². The minimum Gasteiger partial charge on any atom is -0.462 e. The van der Waals surface area contributed by atoms with Crippen molar-refractivity contribution < 1.29 is 14.6 Å². The summed E-state index contributed by atoms with van der Waals surface area (Å²) >= 11 is 0. The normalized spacial score (nSPS) is 19.3. The molecule has 0 amide bonds. The zero-order valence-electron chi connectivity index (χ0n) is 11.9. The van der Waals surface area contributed by atoms with E-state index in [1.807, 2.05) is 13.0 Å². The van der Waals surface area contributed by atoms with Crippen LogP contribution in [0.25, 0.3) is 0 Å². The molecule has 0 fully saturated rings. The fraction of sp³-hybridized carbons (Fsp3) is 0.400. The van der Waals surface area contributed by atoms with Gasteiger partial charge in [0, 0.05) is 11.9 Å². The Bertz CT molecular complexity index is 470. The molecule has 1 rings (SSSR count). The second-order valence-electron chi connectivity index (χ2n) is 4.23. The van der Waals surface area contributed by atoms with Crippen molar-refractivity contribution in [3.63, 3.8) is 0 Å². The van der Waals surface area contributed by atoms with Crippen molar-refractivity contribution in [2.45, 2.75) is 33.8 Å². The van der Waals surface area contributed by atoms with Crippen LogP contribution in [0, 0.1) is 0 Å². The van der Waals surface area contributed by atoms with Crippen molar-refractivity contribution >= 4 is 5.97 Å². The summed E-state index contributed by atoms with van der Waals surface area (Å²) in [4.78, 5) is 13.7. The summed E-state index contributed by atoms with van der Waals surface area (Å²) in [5.74, 6) is -0.374. The smallest absolute Gasteiger partial charge is 0.338 e. The Kier molecular flexibility index (Phi) is 5.12. The van der Waals surface area contributed by atoms with Gasteiger partial charge in [-0.15, -0.1) is 0 Å². The number of hydrogen-bond donors (Lipinski definition) is 1. The Hall–Kier alpha value is -1.81. The molecule has 1 N–H and O–H groups in total. The first kappa shape index (κ1) is 15.2. The summed E-state index contributed by atoms with van der Waals surface area (Å²) in [6.07, 6.45) is 4.53. The van der Waals surface area contributed by atoms with Gasteiger partial charge >= 0.3 is 5.97 Å². The second kappa shape index (κ2) is 6.38. The molecule has 0 aromatic rings. The molecule has 0 aromatic carbocycles. The average Bonchev–Trinajstić information content (AvgIpc) is 2.37. The standard InChI is InChI=1S/C15H21NO3/c1-6-12-9-13(15(18)19-8-3)10(4)14(11(5)17)16(12)7-2/h6-7,9,11,17H,2,8H2,1,3-5H3/b12-6-. The number of aliphatic hydroxyl groups excluding tert-OH is 1. The molecule has 0 spiro atoms. The van der Waals surface area contributed by atoms with Crippen molar-refractivity contribution in [1.82, 2.24) is 4.90 Å². The summed E-state index contributed by atoms with van der Waals surface area (Å²) in [6.45, 7) is 11.2. The monoisotopic (exact) mass is 263 g/mol. The molecule has 1 unspecified atom stereocenters. The van der Waals surface area contributed by atoms with Gasteiger partial charge in [0.1, 0.15) is 0 Å². The molecule has 4 nitrogen and oxygen atoms in total. The first-order chi connectivity index (χ1) is 8.97. The molecule has 1 aliphatic heterocycles. The van der Waals surface area contributed by atoms with Crippen molar-refractivity contribution in [1.29, 1.82) is 0 Å². The molecule has 1 aliphatic rings. The van der Waals surface area contributed by atoms with Gasteiger partial charge < -0.3 is 14.7 Å². The van der Waals surface area contributed by atoms with Gasteiger partial charge in [0.25, 0.3) is 0 Å². The highest BCUT2D eigenvalue weighted by molar-refractivity contribution is 5.94. The van der Waals surface area contributed by atoms with E-state index in [1.165, 1.54) is 0 Å². The van der Waals surface area contributed by atoms with Crippen LogP contribution >= 0.6 is 0 Å². The van der Waals surface area contributed by atoms with Crippen LogP contribution in [0.5, 0.6) is 0 Å². The van der Waals surface area contributed by atoms with Gasteiger partial charge in [-0.1, -0.05) is 12.7 Å². The van der Waals surface area contributed by atoms with Gasteiger partial charge in [-0.25, -0.2) is 4.79 Å². The summed E-state index contributed by atoms with van der Waals surface area (Å²) < 4.78 is 5.05. The van der Waals surface area contributed by atoms with Crippen LogP contribution in [0.1, 0.15) is 27.7 Å². The zero-order chi connectivity index (χ0) is 14.6. The number of allylic oxidation sites excluding steroid dienone is 2. The van der Waals surface area contributed by atoms with Crippen molar-refractivity contribution in [2.24, 2.45) is 0 Å². The van der Waals surface area contributed by atoms with Crippen LogP contribution < -0.4 is 0 Å². The van der Waals surface area contributed by atoms with Crippen molar-refractivity contribution in [3.05, 3.63) is 47.5 Å². The third-order valence-electron chi connectivity index (χ3n) is 2.99. The number of aliphatic hydroxyl groups is 1. The lowest BCUT2D eigenvalue weighted by atomic mass is 9.96. The minimum atomic E-state index is -0.703. The average molecular weight is 263 g/mol. The summed E-state index contributed by atoms with van der Waals surface area (Å²) in [6, 6.07) is 0. The molecule has 104 valence electrons. The van der Waals surface area contributed by atoms with E-state index in [0.717, 1.165) is 5.70 Å². The molecule has 0 bridgehead atoms. The number of carbonyl (C=O) groups is 1. The molecule has 1 heterocycles. The lowest BCUT2D eigenvalue weighted by Gasteiger charge is -2.32. The maximum atomic E-state index is 12.0. The quantitative estimate of drug-likeness (QED) is 0.792. The molecule has 0 saturated heterocycles. The summed E-state index contributed by atoms with van der Waals surface area (Å²) in [5, 5.41) is 9.94. The zero-order valence-corrected chi connectivity index (χ0v) is 11.9. The molecular formula is C15H21NO3. The van der Waals surface area contributed by atoms with E-state index in [2.05, 4.69) is 6.58 Å². The topological polar surface area (TPSA) is 49.8 Å². The Balaban J connectivity index is 3.36. The molecule has 19 heavy (non-hydrogen) atoms. The Morgan fingerprint density at radius 2 is 2.26 bits per heavy atom. The maximum absolute atomic E-state index is 12.0. The summed E-state index contributed by atoms with van der Waals surface area (Å²) in [5.41, 5.74) is 2.62. The number of rotatable bonds is 4. The highest BCUT2D eigenvalue weighted by atomic mass is 16.5. The van der Waals surface area contributed by atoms with Crippen LogP contribution in [-0.2, 0) is 9.53 Å². The first-order valence-electron chi connectivity index (χ1n) is 6.34. The number of nitrogens with zero attached hydrogens (tertiary/aromatic N) is 1. The van der Waals surface area contributed by atoms with Gasteiger partial charge in [0.2, 0.25) is 0 Å². The number of ether oxygens (including phenoxy) is 1. The number of hydrogen-bond acceptors (Lipinski definition) is 4. The SMILES string of the molecule is C=CN1C(C(C)O)=C(C)C(C(=O)OCC)=C/C1=C/C. The van der Waals surface area contributed by atoms with E-state index in [9.17, 15) is 9.90 Å². The van der Waals surface area contributed by atoms with E-state index < -0.39 is 6.10 Å². The highest BCUT2D eigenvalue weighted by Gasteiger charge is 2.27. The number of esters is 1. The van der Waals surface area contributed by atoms with Crippen LogP contribution in [-0.4, -0.2) is 28.7 Å². The largest absolute Gasteiger partial charge is 0.462 e. The first-order valence-corrected chi connectivity index (χ1v) is 6.34. The Morgan fingerprint density at radius 1 is 1.63 bits per heavy atom. The van der Waals surface area contributed by atoms with Gasteiger partial charge in [-0.05, 0) is 39.3 Å². The lowest BCUT2D eigenvalue weighted by Crippen LogP contribution is -2.29. The molecule has 0 saturated carbocycles. The minimum absolute atomic E-state index is 0.323. The second-order valence-corrected chi connectivity index (χ2v) is 4.23. The number of carbonyl (C=O) groups excluding carboxylic acids is 1. The molecular weight excluding hydrogens is 242 g/mol. The molecule has 1 atom stereocenters. The van der Waals surface area contributed by atoms with Gasteiger partial charge in [0.15, 0.2) is 0 Å². The van der Waals surface area contributed by atoms with E-state index in [0.29, 0.717) is 23.5 Å². The molecule has 4 heteroatoms. The van der Waals surface area contributed by atoms with Crippen LogP contribution in [0.3, 0.4) is 0 Å². The third-order valence-corrected chi connectivity index (χ3v) is 2.99. The fourth-order valence-corrected chi connectivity index (χ4v) is 2.15. The lowest BCUT2D eigenvalue weighted by molar-refractivity contribution is -0.138. The predicted octanol–water partition coefficient (Wildman–Crippen LogP) is 2.49. The van der Waals surface area contributed by atoms with E-state index in [-0.39, 0.29) is 5.97 Å². The van der Waals surface area contributed by atoms with E-state index in [1.54, 1.807) is 37.9 Å².